The quantitative estimate of drug-likeness (QED) is 0.797. The van der Waals surface area contributed by atoms with Crippen molar-refractivity contribution in [3.63, 3.8) is 0 Å². The molecular formula is C16H18N2O. The molecule has 2 rings (SSSR count). The van der Waals surface area contributed by atoms with Gasteiger partial charge in [-0.25, -0.2) is 0 Å². The lowest BCUT2D eigenvalue weighted by molar-refractivity contribution is -0.123. The second kappa shape index (κ2) is 5.78. The van der Waals surface area contributed by atoms with E-state index in [0.29, 0.717) is 6.42 Å². The van der Waals surface area contributed by atoms with Crippen LogP contribution in [0, 0.1) is 0 Å². The van der Waals surface area contributed by atoms with Gasteiger partial charge in [-0.1, -0.05) is 60.7 Å². The molecule has 3 nitrogen and oxygen atoms in total. The Kier molecular flexibility index (Phi) is 4.10. The monoisotopic (exact) mass is 254 g/mol. The molecule has 0 aliphatic carbocycles. The summed E-state index contributed by atoms with van der Waals surface area (Å²) in [5.74, 6) is -0.150. The Labute approximate surface area is 113 Å². The minimum Gasteiger partial charge on any atom is -0.307 e. The van der Waals surface area contributed by atoms with Crippen molar-refractivity contribution in [1.29, 1.82) is 0 Å². The summed E-state index contributed by atoms with van der Waals surface area (Å²) in [5.41, 5.74) is 12.5. The van der Waals surface area contributed by atoms with E-state index in [1.54, 1.807) is 0 Å². The van der Waals surface area contributed by atoms with Crippen LogP contribution in [-0.2, 0) is 17.6 Å². The number of Topliss-reactive ketones (excluding diaryl/α,β-unsaturated/α-hetero) is 1. The average Bonchev–Trinajstić information content (AvgIpc) is 2.40. The van der Waals surface area contributed by atoms with E-state index in [1.165, 1.54) is 0 Å². The first-order valence-electron chi connectivity index (χ1n) is 6.27. The van der Waals surface area contributed by atoms with Gasteiger partial charge >= 0.3 is 0 Å². The Morgan fingerprint density at radius 1 is 0.842 bits per heavy atom. The highest BCUT2D eigenvalue weighted by Crippen LogP contribution is 2.10. The molecule has 0 fully saturated rings. The smallest absolute Gasteiger partial charge is 0.171 e. The molecule has 0 heterocycles. The van der Waals surface area contributed by atoms with Gasteiger partial charge in [0.25, 0.3) is 0 Å². The van der Waals surface area contributed by atoms with E-state index >= 15 is 0 Å². The molecule has 3 heteroatoms. The van der Waals surface area contributed by atoms with Crippen molar-refractivity contribution in [1.82, 2.24) is 0 Å². The third-order valence-corrected chi connectivity index (χ3v) is 3.07. The zero-order chi connectivity index (χ0) is 13.7. The summed E-state index contributed by atoms with van der Waals surface area (Å²) in [7, 11) is 0. The Bertz CT molecular complexity index is 535. The minimum absolute atomic E-state index is 0.150. The minimum atomic E-state index is -1.32. The lowest BCUT2D eigenvalue weighted by Gasteiger charge is -2.23. The molecule has 2 aromatic rings. The van der Waals surface area contributed by atoms with Crippen LogP contribution in [0.15, 0.2) is 60.7 Å². The van der Waals surface area contributed by atoms with Gasteiger partial charge in [0, 0.05) is 12.8 Å². The van der Waals surface area contributed by atoms with Crippen LogP contribution in [0.5, 0.6) is 0 Å². The third-order valence-electron chi connectivity index (χ3n) is 3.07. The number of ketones is 1. The first-order valence-corrected chi connectivity index (χ1v) is 6.27. The van der Waals surface area contributed by atoms with E-state index in [4.69, 9.17) is 11.5 Å². The summed E-state index contributed by atoms with van der Waals surface area (Å²) in [5, 5.41) is 0. The Morgan fingerprint density at radius 3 is 1.84 bits per heavy atom. The van der Waals surface area contributed by atoms with Crippen LogP contribution >= 0.6 is 0 Å². The van der Waals surface area contributed by atoms with Gasteiger partial charge in [-0.05, 0) is 11.1 Å². The highest BCUT2D eigenvalue weighted by Gasteiger charge is 2.28. The molecule has 98 valence electrons. The fourth-order valence-corrected chi connectivity index (χ4v) is 1.98. The van der Waals surface area contributed by atoms with Crippen molar-refractivity contribution >= 4 is 5.78 Å². The number of hydrogen-bond donors (Lipinski definition) is 2. The lowest BCUT2D eigenvalue weighted by Crippen LogP contribution is -2.58. The van der Waals surface area contributed by atoms with Crippen LogP contribution in [-0.4, -0.2) is 11.4 Å². The second-order valence-electron chi connectivity index (χ2n) is 4.79. The van der Waals surface area contributed by atoms with Gasteiger partial charge in [-0.15, -0.1) is 0 Å². The number of carbonyl (C=O) groups excluding carboxylic acids is 1. The van der Waals surface area contributed by atoms with Crippen molar-refractivity contribution in [2.75, 3.05) is 0 Å². The van der Waals surface area contributed by atoms with Crippen LogP contribution < -0.4 is 11.5 Å². The molecule has 0 bridgehead atoms. The first kappa shape index (κ1) is 13.5. The van der Waals surface area contributed by atoms with E-state index < -0.39 is 5.66 Å². The topological polar surface area (TPSA) is 69.1 Å². The molecule has 0 aliphatic heterocycles. The average molecular weight is 254 g/mol. The van der Waals surface area contributed by atoms with Gasteiger partial charge in [0.2, 0.25) is 0 Å². The van der Waals surface area contributed by atoms with Crippen LogP contribution in [0.25, 0.3) is 0 Å². The standard InChI is InChI=1S/C16H18N2O/c17-16(18,12-14-9-5-2-6-10-14)15(19)11-13-7-3-1-4-8-13/h1-10H,11-12,17-18H2. The lowest BCUT2D eigenvalue weighted by atomic mass is 9.93. The van der Waals surface area contributed by atoms with Crippen LogP contribution in [0.2, 0.25) is 0 Å². The number of hydrogen-bond acceptors (Lipinski definition) is 3. The van der Waals surface area contributed by atoms with Gasteiger partial charge in [0.1, 0.15) is 5.66 Å². The molecule has 0 unspecified atom stereocenters. The fraction of sp³-hybridized carbons (Fsp3) is 0.188. The maximum Gasteiger partial charge on any atom is 0.171 e. The third kappa shape index (κ3) is 3.74. The van der Waals surface area contributed by atoms with E-state index in [2.05, 4.69) is 0 Å². The summed E-state index contributed by atoms with van der Waals surface area (Å²) in [6.45, 7) is 0. The zero-order valence-electron chi connectivity index (χ0n) is 10.8. The van der Waals surface area contributed by atoms with Gasteiger partial charge < -0.3 is 11.5 Å². The van der Waals surface area contributed by atoms with E-state index in [9.17, 15) is 4.79 Å². The van der Waals surface area contributed by atoms with Crippen molar-refractivity contribution in [3.8, 4) is 0 Å². The molecule has 19 heavy (non-hydrogen) atoms. The summed E-state index contributed by atoms with van der Waals surface area (Å²) >= 11 is 0. The number of benzene rings is 2. The predicted octanol–water partition coefficient (Wildman–Crippen LogP) is 1.65. The van der Waals surface area contributed by atoms with Crippen molar-refractivity contribution in [2.24, 2.45) is 11.5 Å². The molecule has 0 aromatic heterocycles. The molecule has 0 saturated carbocycles. The summed E-state index contributed by atoms with van der Waals surface area (Å²) in [6, 6.07) is 19.1. The maximum atomic E-state index is 12.2. The summed E-state index contributed by atoms with van der Waals surface area (Å²) < 4.78 is 0. The van der Waals surface area contributed by atoms with Crippen molar-refractivity contribution in [3.05, 3.63) is 71.8 Å². The van der Waals surface area contributed by atoms with Crippen molar-refractivity contribution in [2.45, 2.75) is 18.5 Å². The number of rotatable bonds is 5. The molecule has 0 radical (unpaired) electrons. The van der Waals surface area contributed by atoms with Gasteiger partial charge in [-0.2, -0.15) is 0 Å². The Balaban J connectivity index is 2.05. The van der Waals surface area contributed by atoms with E-state index in [-0.39, 0.29) is 12.2 Å². The van der Waals surface area contributed by atoms with Crippen LogP contribution in [0.3, 0.4) is 0 Å². The Morgan fingerprint density at radius 2 is 1.32 bits per heavy atom. The van der Waals surface area contributed by atoms with Crippen LogP contribution in [0.1, 0.15) is 11.1 Å². The molecule has 4 N–H and O–H groups in total. The van der Waals surface area contributed by atoms with E-state index in [1.807, 2.05) is 60.7 Å². The Hall–Kier alpha value is -1.97. The van der Waals surface area contributed by atoms with E-state index in [0.717, 1.165) is 11.1 Å². The molecule has 0 aliphatic rings. The summed E-state index contributed by atoms with van der Waals surface area (Å²) in [6.07, 6.45) is 0.611. The zero-order valence-corrected chi connectivity index (χ0v) is 10.8. The van der Waals surface area contributed by atoms with Crippen molar-refractivity contribution < 1.29 is 4.79 Å². The van der Waals surface area contributed by atoms with Gasteiger partial charge in [0.15, 0.2) is 5.78 Å². The molecule has 0 atom stereocenters. The first-order chi connectivity index (χ1) is 9.08. The van der Waals surface area contributed by atoms with Crippen LogP contribution in [0.4, 0.5) is 0 Å². The predicted molar refractivity (Wildman–Crippen MR) is 76.4 cm³/mol. The molecule has 2 aromatic carbocycles. The second-order valence-corrected chi connectivity index (χ2v) is 4.79. The highest BCUT2D eigenvalue weighted by atomic mass is 16.1. The maximum absolute atomic E-state index is 12.2. The molecule has 0 spiro atoms. The number of nitrogens with two attached hydrogens (primary N) is 2. The molecular weight excluding hydrogens is 236 g/mol. The van der Waals surface area contributed by atoms with Gasteiger partial charge in [0.05, 0.1) is 0 Å². The fourth-order valence-electron chi connectivity index (χ4n) is 1.98. The highest BCUT2D eigenvalue weighted by molar-refractivity contribution is 5.89. The van der Waals surface area contributed by atoms with Gasteiger partial charge in [-0.3, -0.25) is 4.79 Å². The molecule has 0 saturated heterocycles. The number of carbonyl (C=O) groups is 1. The summed E-state index contributed by atoms with van der Waals surface area (Å²) in [4.78, 5) is 12.2. The normalized spacial score (nSPS) is 11.3. The largest absolute Gasteiger partial charge is 0.307 e. The molecule has 0 amide bonds. The SMILES string of the molecule is NC(N)(Cc1ccccc1)C(=O)Cc1ccccc1.